The average Bonchev–Trinajstić information content (AvgIpc) is 2.98. The largest absolute Gasteiger partial charge is 0.383 e. The maximum absolute atomic E-state index is 13.1. The summed E-state index contributed by atoms with van der Waals surface area (Å²) in [5, 5.41) is 3.58. The smallest absolute Gasteiger partial charge is 0.264 e. The maximum Gasteiger partial charge on any atom is 0.264 e. The van der Waals surface area contributed by atoms with E-state index >= 15 is 0 Å². The topological polar surface area (TPSA) is 71.5 Å². The number of hydrogen-bond donors (Lipinski definition) is 1. The van der Waals surface area contributed by atoms with Crippen molar-refractivity contribution >= 4 is 28.2 Å². The molecule has 0 unspecified atom stereocenters. The standard InChI is InChI=1S/C20H27N3O3S/c1-14-12-16(22-19(25)20(2,3)4)27-17(14)18(24)23(10-11-26-5)13-15-8-6-7-9-21-15/h6-9,12H,10-11,13H2,1-5H3,(H,22,25). The van der Waals surface area contributed by atoms with Crippen LogP contribution < -0.4 is 5.32 Å². The minimum Gasteiger partial charge on any atom is -0.383 e. The van der Waals surface area contributed by atoms with E-state index in [9.17, 15) is 9.59 Å². The Morgan fingerprint density at radius 3 is 2.63 bits per heavy atom. The van der Waals surface area contributed by atoms with Gasteiger partial charge in [0.25, 0.3) is 5.91 Å². The number of aromatic nitrogens is 1. The van der Waals surface area contributed by atoms with Crippen LogP contribution in [0.2, 0.25) is 0 Å². The second-order valence-electron chi connectivity index (χ2n) is 7.37. The van der Waals surface area contributed by atoms with Crippen molar-refractivity contribution in [2.24, 2.45) is 5.41 Å². The monoisotopic (exact) mass is 389 g/mol. The molecular formula is C20H27N3O3S. The fourth-order valence-corrected chi connectivity index (χ4v) is 3.38. The molecule has 0 bridgehead atoms. The summed E-state index contributed by atoms with van der Waals surface area (Å²) in [4.78, 5) is 32.0. The van der Waals surface area contributed by atoms with E-state index in [-0.39, 0.29) is 11.8 Å². The third-order valence-corrected chi connectivity index (χ3v) is 5.10. The predicted molar refractivity (Wildman–Crippen MR) is 108 cm³/mol. The van der Waals surface area contributed by atoms with Gasteiger partial charge in [-0.2, -0.15) is 0 Å². The van der Waals surface area contributed by atoms with Crippen LogP contribution >= 0.6 is 11.3 Å². The lowest BCUT2D eigenvalue weighted by molar-refractivity contribution is -0.123. The van der Waals surface area contributed by atoms with Gasteiger partial charge in [0.1, 0.15) is 0 Å². The van der Waals surface area contributed by atoms with Crippen LogP contribution in [0.15, 0.2) is 30.5 Å². The lowest BCUT2D eigenvalue weighted by atomic mass is 9.96. The minimum absolute atomic E-state index is 0.0764. The minimum atomic E-state index is -0.494. The van der Waals surface area contributed by atoms with Crippen molar-refractivity contribution in [2.75, 3.05) is 25.6 Å². The second kappa shape index (κ2) is 9.10. The van der Waals surface area contributed by atoms with Gasteiger partial charge in [0, 0.05) is 25.3 Å². The zero-order valence-electron chi connectivity index (χ0n) is 16.5. The molecule has 2 amide bonds. The average molecular weight is 390 g/mol. The molecule has 146 valence electrons. The fraction of sp³-hybridized carbons (Fsp3) is 0.450. The summed E-state index contributed by atoms with van der Waals surface area (Å²) in [5.41, 5.74) is 1.17. The highest BCUT2D eigenvalue weighted by molar-refractivity contribution is 7.18. The van der Waals surface area contributed by atoms with E-state index in [2.05, 4.69) is 10.3 Å². The third-order valence-electron chi connectivity index (χ3n) is 3.96. The number of aryl methyl sites for hydroxylation is 1. The van der Waals surface area contributed by atoms with E-state index in [1.165, 1.54) is 11.3 Å². The molecule has 2 heterocycles. The Labute approximate surface area is 164 Å². The number of thiophene rings is 1. The van der Waals surface area contributed by atoms with Crippen LogP contribution in [0.5, 0.6) is 0 Å². The van der Waals surface area contributed by atoms with Gasteiger partial charge in [-0.15, -0.1) is 11.3 Å². The molecular weight excluding hydrogens is 362 g/mol. The molecule has 2 aromatic heterocycles. The fourth-order valence-electron chi connectivity index (χ4n) is 2.34. The molecule has 2 aromatic rings. The molecule has 0 aliphatic rings. The van der Waals surface area contributed by atoms with E-state index in [1.54, 1.807) is 18.2 Å². The van der Waals surface area contributed by atoms with Crippen molar-refractivity contribution in [3.8, 4) is 0 Å². The van der Waals surface area contributed by atoms with Crippen LogP contribution in [-0.4, -0.2) is 42.0 Å². The van der Waals surface area contributed by atoms with Crippen molar-refractivity contribution in [1.82, 2.24) is 9.88 Å². The Bertz CT molecular complexity index is 782. The molecule has 0 aliphatic carbocycles. The van der Waals surface area contributed by atoms with E-state index in [0.29, 0.717) is 29.6 Å². The summed E-state index contributed by atoms with van der Waals surface area (Å²) in [6, 6.07) is 7.48. The molecule has 0 aliphatic heterocycles. The van der Waals surface area contributed by atoms with Gasteiger partial charge in [-0.3, -0.25) is 14.6 Å². The number of methoxy groups -OCH3 is 1. The number of hydrogen-bond acceptors (Lipinski definition) is 5. The second-order valence-corrected chi connectivity index (χ2v) is 8.42. The molecule has 7 heteroatoms. The summed E-state index contributed by atoms with van der Waals surface area (Å²) in [6.07, 6.45) is 1.71. The lowest BCUT2D eigenvalue weighted by Gasteiger charge is -2.22. The Kier molecular flexibility index (Phi) is 7.10. The molecule has 0 spiro atoms. The third kappa shape index (κ3) is 5.87. The van der Waals surface area contributed by atoms with Crippen molar-refractivity contribution < 1.29 is 14.3 Å². The first-order chi connectivity index (χ1) is 12.7. The zero-order valence-corrected chi connectivity index (χ0v) is 17.4. The molecule has 0 radical (unpaired) electrons. The first-order valence-corrected chi connectivity index (χ1v) is 9.64. The van der Waals surface area contributed by atoms with E-state index in [1.807, 2.05) is 52.0 Å². The normalized spacial score (nSPS) is 11.3. The molecule has 2 rings (SSSR count). The molecule has 0 saturated carbocycles. The number of ether oxygens (including phenoxy) is 1. The molecule has 1 N–H and O–H groups in total. The number of amides is 2. The highest BCUT2D eigenvalue weighted by atomic mass is 32.1. The van der Waals surface area contributed by atoms with Crippen molar-refractivity contribution in [1.29, 1.82) is 0 Å². The Morgan fingerprint density at radius 2 is 2.04 bits per heavy atom. The Balaban J connectivity index is 2.20. The first kappa shape index (κ1) is 21.1. The van der Waals surface area contributed by atoms with Crippen LogP contribution in [0.4, 0.5) is 5.00 Å². The van der Waals surface area contributed by atoms with Gasteiger partial charge in [0.05, 0.1) is 28.7 Å². The molecule has 0 atom stereocenters. The molecule has 0 aromatic carbocycles. The highest BCUT2D eigenvalue weighted by Gasteiger charge is 2.24. The van der Waals surface area contributed by atoms with Gasteiger partial charge in [-0.1, -0.05) is 26.8 Å². The van der Waals surface area contributed by atoms with Gasteiger partial charge in [-0.25, -0.2) is 0 Å². The van der Waals surface area contributed by atoms with Crippen molar-refractivity contribution in [3.05, 3.63) is 46.6 Å². The first-order valence-electron chi connectivity index (χ1n) is 8.82. The number of rotatable bonds is 7. The zero-order chi connectivity index (χ0) is 20.0. The summed E-state index contributed by atoms with van der Waals surface area (Å²) in [5.74, 6) is -0.163. The van der Waals surface area contributed by atoms with Gasteiger partial charge in [0.15, 0.2) is 0 Å². The summed E-state index contributed by atoms with van der Waals surface area (Å²) in [6.45, 7) is 8.76. The van der Waals surface area contributed by atoms with Crippen LogP contribution in [0.3, 0.4) is 0 Å². The van der Waals surface area contributed by atoms with Gasteiger partial charge >= 0.3 is 0 Å². The molecule has 27 heavy (non-hydrogen) atoms. The number of carbonyl (C=O) groups excluding carboxylic acids is 2. The number of carbonyl (C=O) groups is 2. The van der Waals surface area contributed by atoms with Crippen LogP contribution in [0.1, 0.15) is 41.7 Å². The van der Waals surface area contributed by atoms with E-state index in [4.69, 9.17) is 4.74 Å². The predicted octanol–water partition coefficient (Wildman–Crippen LogP) is 3.72. The number of anilines is 1. The van der Waals surface area contributed by atoms with Crippen LogP contribution in [0, 0.1) is 12.3 Å². The number of pyridine rings is 1. The van der Waals surface area contributed by atoms with E-state index < -0.39 is 5.41 Å². The number of nitrogens with one attached hydrogen (secondary N) is 1. The van der Waals surface area contributed by atoms with Crippen LogP contribution in [-0.2, 0) is 16.1 Å². The lowest BCUT2D eigenvalue weighted by Crippen LogP contribution is -2.33. The highest BCUT2D eigenvalue weighted by Crippen LogP contribution is 2.29. The molecule has 6 nitrogen and oxygen atoms in total. The summed E-state index contributed by atoms with van der Waals surface area (Å²) in [7, 11) is 1.61. The molecule has 0 saturated heterocycles. The molecule has 0 fully saturated rings. The van der Waals surface area contributed by atoms with E-state index in [0.717, 1.165) is 11.3 Å². The van der Waals surface area contributed by atoms with Gasteiger partial charge < -0.3 is 15.0 Å². The Hall–Kier alpha value is -2.25. The summed E-state index contributed by atoms with van der Waals surface area (Å²) >= 11 is 1.30. The Morgan fingerprint density at radius 1 is 1.30 bits per heavy atom. The van der Waals surface area contributed by atoms with Crippen molar-refractivity contribution in [3.63, 3.8) is 0 Å². The SMILES string of the molecule is COCCN(Cc1ccccn1)C(=O)c1sc(NC(=O)C(C)(C)C)cc1C. The van der Waals surface area contributed by atoms with Crippen molar-refractivity contribution in [2.45, 2.75) is 34.2 Å². The quantitative estimate of drug-likeness (QED) is 0.783. The summed E-state index contributed by atoms with van der Waals surface area (Å²) < 4.78 is 5.15. The van der Waals surface area contributed by atoms with Gasteiger partial charge in [-0.05, 0) is 30.7 Å². The van der Waals surface area contributed by atoms with Crippen LogP contribution in [0.25, 0.3) is 0 Å². The van der Waals surface area contributed by atoms with Gasteiger partial charge in [0.2, 0.25) is 5.91 Å². The number of nitrogens with zero attached hydrogens (tertiary/aromatic N) is 2. The maximum atomic E-state index is 13.1.